The molecule has 0 rings (SSSR count). The van der Waals surface area contributed by atoms with Gasteiger partial charge in [-0.1, -0.05) is 17.4 Å². The van der Waals surface area contributed by atoms with E-state index in [-0.39, 0.29) is 0 Å². The summed E-state index contributed by atoms with van der Waals surface area (Å²) in [4.78, 5) is 0. The maximum atomic E-state index is 8.79. The topological polar surface area (TPSA) is 20.2 Å². The number of rotatable bonds is 0. The van der Waals surface area contributed by atoms with Crippen molar-refractivity contribution in [1.82, 2.24) is 0 Å². The molecule has 0 fully saturated rings. The molecule has 1 N–H and O–H groups in total. The number of aliphatic hydroxyl groups excluding tert-OH is 1. The van der Waals surface area contributed by atoms with Crippen LogP contribution in [0.1, 0.15) is 27.7 Å². The van der Waals surface area contributed by atoms with E-state index in [1.807, 2.05) is 20.8 Å². The Morgan fingerprint density at radius 3 is 2.10 bits per heavy atom. The maximum Gasteiger partial charge on any atom is 0.112 e. The molecule has 0 aliphatic carbocycles. The average molecular weight is 138 g/mol. The van der Waals surface area contributed by atoms with Gasteiger partial charge in [0.2, 0.25) is 0 Å². The fraction of sp³-hybridized carbons (Fsp3) is 0.556. The molecule has 0 aromatic heterocycles. The average Bonchev–Trinajstić information content (AvgIpc) is 1.82. The Kier molecular flexibility index (Phi) is 3.83. The van der Waals surface area contributed by atoms with Gasteiger partial charge in [-0.25, -0.2) is 0 Å². The Balaban J connectivity index is 4.20. The van der Waals surface area contributed by atoms with Crippen LogP contribution in [0.25, 0.3) is 0 Å². The molecule has 0 amide bonds. The minimum Gasteiger partial charge on any atom is -0.381 e. The first-order chi connectivity index (χ1) is 4.54. The van der Waals surface area contributed by atoms with Crippen LogP contribution < -0.4 is 0 Å². The van der Waals surface area contributed by atoms with Crippen LogP contribution in [-0.4, -0.2) is 11.2 Å². The first-order valence-corrected chi connectivity index (χ1v) is 3.37. The molecule has 0 radical (unpaired) electrons. The summed E-state index contributed by atoms with van der Waals surface area (Å²) in [5.41, 5.74) is 2.24. The molecule has 56 valence electrons. The van der Waals surface area contributed by atoms with Crippen LogP contribution in [0.3, 0.4) is 0 Å². The Morgan fingerprint density at radius 2 is 1.80 bits per heavy atom. The third-order valence-electron chi connectivity index (χ3n) is 1.22. The summed E-state index contributed by atoms with van der Waals surface area (Å²) < 4.78 is 0. The van der Waals surface area contributed by atoms with Gasteiger partial charge in [-0.05, 0) is 33.3 Å². The van der Waals surface area contributed by atoms with E-state index in [1.54, 1.807) is 6.92 Å². The molecule has 0 aliphatic rings. The molecule has 0 heterocycles. The Bertz CT molecular complexity index is 185. The van der Waals surface area contributed by atoms with Crippen LogP contribution in [0.5, 0.6) is 0 Å². The normalized spacial score (nSPS) is 11.3. The van der Waals surface area contributed by atoms with Gasteiger partial charge in [0.15, 0.2) is 0 Å². The van der Waals surface area contributed by atoms with Gasteiger partial charge in [0.05, 0.1) is 0 Å². The third-order valence-corrected chi connectivity index (χ3v) is 1.22. The van der Waals surface area contributed by atoms with Crippen molar-refractivity contribution in [2.45, 2.75) is 33.8 Å². The second-order valence-corrected chi connectivity index (χ2v) is 2.57. The van der Waals surface area contributed by atoms with E-state index in [0.717, 1.165) is 5.57 Å². The molecule has 0 aromatic rings. The van der Waals surface area contributed by atoms with Crippen molar-refractivity contribution in [2.75, 3.05) is 0 Å². The molecule has 0 aromatic carbocycles. The molecule has 1 unspecified atom stereocenters. The standard InChI is InChI=1S/C9H14O/c1-7(2)8(3)5-6-9(4)10/h9-10H,1-4H3. The number of allylic oxidation sites excluding steroid dienone is 2. The Morgan fingerprint density at radius 1 is 1.30 bits per heavy atom. The summed E-state index contributed by atoms with van der Waals surface area (Å²) in [7, 11) is 0. The summed E-state index contributed by atoms with van der Waals surface area (Å²) in [6.07, 6.45) is -0.519. The largest absolute Gasteiger partial charge is 0.381 e. The van der Waals surface area contributed by atoms with Crippen LogP contribution in [0, 0.1) is 11.8 Å². The van der Waals surface area contributed by atoms with Crippen molar-refractivity contribution in [3.63, 3.8) is 0 Å². The smallest absolute Gasteiger partial charge is 0.112 e. The van der Waals surface area contributed by atoms with Crippen LogP contribution in [-0.2, 0) is 0 Å². The van der Waals surface area contributed by atoms with Crippen molar-refractivity contribution in [3.05, 3.63) is 11.1 Å². The highest BCUT2D eigenvalue weighted by Crippen LogP contribution is 1.98. The summed E-state index contributed by atoms with van der Waals surface area (Å²) in [6, 6.07) is 0. The zero-order valence-corrected chi connectivity index (χ0v) is 7.02. The van der Waals surface area contributed by atoms with Gasteiger partial charge in [0.25, 0.3) is 0 Å². The molecule has 0 saturated carbocycles. The van der Waals surface area contributed by atoms with Gasteiger partial charge in [0, 0.05) is 0 Å². The molecule has 0 bridgehead atoms. The second-order valence-electron chi connectivity index (χ2n) is 2.57. The van der Waals surface area contributed by atoms with Gasteiger partial charge in [-0.2, -0.15) is 0 Å². The highest BCUT2D eigenvalue weighted by Gasteiger charge is 1.86. The zero-order valence-electron chi connectivity index (χ0n) is 7.02. The molecular weight excluding hydrogens is 124 g/mol. The Labute approximate surface area is 62.8 Å². The summed E-state index contributed by atoms with van der Waals surface area (Å²) >= 11 is 0. The molecule has 1 heteroatoms. The van der Waals surface area contributed by atoms with Crippen molar-refractivity contribution in [2.24, 2.45) is 0 Å². The van der Waals surface area contributed by atoms with E-state index in [2.05, 4.69) is 11.8 Å². The second kappa shape index (κ2) is 4.14. The highest BCUT2D eigenvalue weighted by atomic mass is 16.3. The van der Waals surface area contributed by atoms with Crippen LogP contribution >= 0.6 is 0 Å². The summed E-state index contributed by atoms with van der Waals surface area (Å²) in [5.74, 6) is 5.54. The minimum absolute atomic E-state index is 0.519. The fourth-order valence-electron chi connectivity index (χ4n) is 0.338. The lowest BCUT2D eigenvalue weighted by Crippen LogP contribution is -1.92. The predicted molar refractivity (Wildman–Crippen MR) is 43.5 cm³/mol. The van der Waals surface area contributed by atoms with E-state index >= 15 is 0 Å². The lowest BCUT2D eigenvalue weighted by atomic mass is 10.2. The van der Waals surface area contributed by atoms with Crippen molar-refractivity contribution < 1.29 is 5.11 Å². The highest BCUT2D eigenvalue weighted by molar-refractivity contribution is 5.30. The Hall–Kier alpha value is -0.740. The molecule has 0 saturated heterocycles. The van der Waals surface area contributed by atoms with Crippen LogP contribution in [0.4, 0.5) is 0 Å². The van der Waals surface area contributed by atoms with E-state index in [9.17, 15) is 0 Å². The number of aliphatic hydroxyl groups is 1. The van der Waals surface area contributed by atoms with Crippen molar-refractivity contribution >= 4 is 0 Å². The zero-order chi connectivity index (χ0) is 8.15. The van der Waals surface area contributed by atoms with E-state index < -0.39 is 6.10 Å². The van der Waals surface area contributed by atoms with Gasteiger partial charge in [-0.3, -0.25) is 0 Å². The van der Waals surface area contributed by atoms with Gasteiger partial charge >= 0.3 is 0 Å². The number of hydrogen-bond acceptors (Lipinski definition) is 1. The van der Waals surface area contributed by atoms with Gasteiger partial charge in [0.1, 0.15) is 6.10 Å². The lowest BCUT2D eigenvalue weighted by Gasteiger charge is -1.91. The SMILES string of the molecule is CC(C)=C(C)C#CC(C)O. The van der Waals surface area contributed by atoms with Crippen molar-refractivity contribution in [3.8, 4) is 11.8 Å². The molecule has 1 atom stereocenters. The molecular formula is C9H14O. The molecule has 10 heavy (non-hydrogen) atoms. The van der Waals surface area contributed by atoms with E-state index in [1.165, 1.54) is 5.57 Å². The summed E-state index contributed by atoms with van der Waals surface area (Å²) in [5, 5.41) is 8.79. The molecule has 0 aliphatic heterocycles. The molecule has 0 spiro atoms. The lowest BCUT2D eigenvalue weighted by molar-refractivity contribution is 0.253. The quantitative estimate of drug-likeness (QED) is 0.505. The van der Waals surface area contributed by atoms with Gasteiger partial charge in [-0.15, -0.1) is 0 Å². The first-order valence-electron chi connectivity index (χ1n) is 3.37. The first kappa shape index (κ1) is 9.26. The minimum atomic E-state index is -0.519. The van der Waals surface area contributed by atoms with E-state index in [4.69, 9.17) is 5.11 Å². The summed E-state index contributed by atoms with van der Waals surface area (Å²) in [6.45, 7) is 7.62. The molecule has 1 nitrogen and oxygen atoms in total. The monoisotopic (exact) mass is 138 g/mol. The van der Waals surface area contributed by atoms with Gasteiger partial charge < -0.3 is 5.11 Å². The van der Waals surface area contributed by atoms with Crippen LogP contribution in [0.2, 0.25) is 0 Å². The predicted octanol–water partition coefficient (Wildman–Crippen LogP) is 1.73. The van der Waals surface area contributed by atoms with Crippen molar-refractivity contribution in [1.29, 1.82) is 0 Å². The number of hydrogen-bond donors (Lipinski definition) is 1. The third kappa shape index (κ3) is 4.17. The van der Waals surface area contributed by atoms with E-state index in [0.29, 0.717) is 0 Å². The fourth-order valence-corrected chi connectivity index (χ4v) is 0.338. The van der Waals surface area contributed by atoms with Crippen LogP contribution in [0.15, 0.2) is 11.1 Å². The maximum absolute atomic E-state index is 8.79.